The van der Waals surface area contributed by atoms with Gasteiger partial charge in [-0.3, -0.25) is 4.79 Å². The van der Waals surface area contributed by atoms with Crippen molar-refractivity contribution in [2.45, 2.75) is 38.9 Å². The van der Waals surface area contributed by atoms with Crippen molar-refractivity contribution in [3.8, 4) is 0 Å². The number of nitrogens with zero attached hydrogens (tertiary/aromatic N) is 1. The standard InChI is InChI=1S/C15H24N2O2/c1-12(8-9-15(18)19)16-10-13-6-4-5-7-14(13)11-17(2)3/h4-7,12,16H,8-11H2,1-3H3,(H,18,19). The first-order valence-corrected chi connectivity index (χ1v) is 6.65. The molecule has 1 aromatic rings. The number of carbonyl (C=O) groups is 1. The SMILES string of the molecule is CC(CCC(=O)O)NCc1ccccc1CN(C)C. The second-order valence-electron chi connectivity index (χ2n) is 5.22. The van der Waals surface area contributed by atoms with E-state index < -0.39 is 5.97 Å². The van der Waals surface area contributed by atoms with E-state index in [1.54, 1.807) is 0 Å². The first-order valence-electron chi connectivity index (χ1n) is 6.65. The van der Waals surface area contributed by atoms with Gasteiger partial charge in [0.05, 0.1) is 0 Å². The summed E-state index contributed by atoms with van der Waals surface area (Å²) in [6.07, 6.45) is 0.874. The first-order chi connectivity index (χ1) is 8.99. The van der Waals surface area contributed by atoms with Crippen LogP contribution < -0.4 is 5.32 Å². The molecule has 4 heteroatoms. The third-order valence-corrected chi connectivity index (χ3v) is 3.04. The van der Waals surface area contributed by atoms with Crippen LogP contribution in [0.3, 0.4) is 0 Å². The molecule has 0 heterocycles. The molecule has 106 valence electrons. The molecular weight excluding hydrogens is 240 g/mol. The van der Waals surface area contributed by atoms with Crippen molar-refractivity contribution in [2.24, 2.45) is 0 Å². The lowest BCUT2D eigenvalue weighted by Gasteiger charge is -2.17. The van der Waals surface area contributed by atoms with Gasteiger partial charge in [-0.05, 0) is 38.6 Å². The lowest BCUT2D eigenvalue weighted by molar-refractivity contribution is -0.137. The van der Waals surface area contributed by atoms with E-state index in [0.29, 0.717) is 6.42 Å². The van der Waals surface area contributed by atoms with Crippen LogP contribution in [0.15, 0.2) is 24.3 Å². The first kappa shape index (κ1) is 15.7. The Kier molecular flexibility index (Phi) is 6.53. The lowest BCUT2D eigenvalue weighted by atomic mass is 10.1. The Morgan fingerprint density at radius 2 is 1.95 bits per heavy atom. The van der Waals surface area contributed by atoms with Crippen LogP contribution in [0.1, 0.15) is 30.9 Å². The van der Waals surface area contributed by atoms with E-state index >= 15 is 0 Å². The molecule has 0 bridgehead atoms. The molecule has 1 unspecified atom stereocenters. The topological polar surface area (TPSA) is 52.6 Å². The summed E-state index contributed by atoms with van der Waals surface area (Å²) >= 11 is 0. The van der Waals surface area contributed by atoms with Crippen molar-refractivity contribution in [1.29, 1.82) is 0 Å². The van der Waals surface area contributed by atoms with Gasteiger partial charge < -0.3 is 15.3 Å². The van der Waals surface area contributed by atoms with Crippen LogP contribution in [0.5, 0.6) is 0 Å². The van der Waals surface area contributed by atoms with Crippen molar-refractivity contribution in [3.05, 3.63) is 35.4 Å². The molecule has 0 saturated carbocycles. The summed E-state index contributed by atoms with van der Waals surface area (Å²) in [5, 5.41) is 12.0. The number of rotatable bonds is 8. The average molecular weight is 264 g/mol. The minimum Gasteiger partial charge on any atom is -0.481 e. The molecule has 0 aliphatic heterocycles. The fourth-order valence-corrected chi connectivity index (χ4v) is 1.95. The molecule has 0 spiro atoms. The van der Waals surface area contributed by atoms with Crippen molar-refractivity contribution in [1.82, 2.24) is 10.2 Å². The lowest BCUT2D eigenvalue weighted by Crippen LogP contribution is -2.27. The second-order valence-corrected chi connectivity index (χ2v) is 5.22. The van der Waals surface area contributed by atoms with Crippen LogP contribution in [0.2, 0.25) is 0 Å². The molecule has 4 nitrogen and oxygen atoms in total. The summed E-state index contributed by atoms with van der Waals surface area (Å²) in [5.41, 5.74) is 2.59. The Bertz CT molecular complexity index is 405. The molecule has 0 radical (unpaired) electrons. The van der Waals surface area contributed by atoms with Gasteiger partial charge in [-0.2, -0.15) is 0 Å². The van der Waals surface area contributed by atoms with Gasteiger partial charge in [0.1, 0.15) is 0 Å². The molecule has 0 aliphatic carbocycles. The number of hydrogen-bond donors (Lipinski definition) is 2. The Hall–Kier alpha value is -1.39. The van der Waals surface area contributed by atoms with E-state index in [1.165, 1.54) is 11.1 Å². The summed E-state index contributed by atoms with van der Waals surface area (Å²) in [6.45, 7) is 3.73. The van der Waals surface area contributed by atoms with Crippen molar-refractivity contribution in [3.63, 3.8) is 0 Å². The Morgan fingerprint density at radius 3 is 2.53 bits per heavy atom. The Morgan fingerprint density at radius 1 is 1.32 bits per heavy atom. The van der Waals surface area contributed by atoms with Gasteiger partial charge in [0.25, 0.3) is 0 Å². The molecule has 0 fully saturated rings. The molecule has 19 heavy (non-hydrogen) atoms. The molecule has 0 aromatic heterocycles. The van der Waals surface area contributed by atoms with Gasteiger partial charge in [-0.15, -0.1) is 0 Å². The number of carboxylic acids is 1. The number of benzene rings is 1. The Balaban J connectivity index is 2.50. The van der Waals surface area contributed by atoms with Gasteiger partial charge in [0, 0.05) is 25.6 Å². The zero-order valence-electron chi connectivity index (χ0n) is 12.0. The predicted octanol–water partition coefficient (Wildman–Crippen LogP) is 2.09. The molecule has 1 rings (SSSR count). The molecule has 0 saturated heterocycles. The molecule has 1 aromatic carbocycles. The van der Waals surface area contributed by atoms with Gasteiger partial charge in [-0.1, -0.05) is 24.3 Å². The smallest absolute Gasteiger partial charge is 0.303 e. The quantitative estimate of drug-likeness (QED) is 0.755. The monoisotopic (exact) mass is 264 g/mol. The normalized spacial score (nSPS) is 12.6. The maximum absolute atomic E-state index is 10.5. The van der Waals surface area contributed by atoms with Crippen LogP contribution in [-0.4, -0.2) is 36.1 Å². The largest absolute Gasteiger partial charge is 0.481 e. The zero-order valence-corrected chi connectivity index (χ0v) is 12.0. The summed E-state index contributed by atoms with van der Waals surface area (Å²) in [7, 11) is 4.11. The minimum absolute atomic E-state index is 0.212. The van der Waals surface area contributed by atoms with Crippen molar-refractivity contribution >= 4 is 5.97 Å². The van der Waals surface area contributed by atoms with Crippen LogP contribution in [0, 0.1) is 0 Å². The fraction of sp³-hybridized carbons (Fsp3) is 0.533. The Labute approximate surface area is 115 Å². The minimum atomic E-state index is -0.735. The summed E-state index contributed by atoms with van der Waals surface area (Å²) in [6, 6.07) is 8.56. The highest BCUT2D eigenvalue weighted by Gasteiger charge is 2.07. The van der Waals surface area contributed by atoms with Crippen LogP contribution in [-0.2, 0) is 17.9 Å². The average Bonchev–Trinajstić information content (AvgIpc) is 2.34. The van der Waals surface area contributed by atoms with E-state index in [0.717, 1.165) is 13.1 Å². The third kappa shape index (κ3) is 6.36. The highest BCUT2D eigenvalue weighted by Crippen LogP contribution is 2.11. The number of aliphatic carboxylic acids is 1. The van der Waals surface area contributed by atoms with Crippen molar-refractivity contribution in [2.75, 3.05) is 14.1 Å². The number of carboxylic acid groups (broad SMARTS) is 1. The third-order valence-electron chi connectivity index (χ3n) is 3.04. The van der Waals surface area contributed by atoms with Crippen molar-refractivity contribution < 1.29 is 9.90 Å². The summed E-state index contributed by atoms with van der Waals surface area (Å²) in [4.78, 5) is 12.7. The molecule has 0 aliphatic rings. The van der Waals surface area contributed by atoms with E-state index in [1.807, 2.05) is 13.0 Å². The molecule has 1 atom stereocenters. The number of nitrogens with one attached hydrogen (secondary N) is 1. The molecule has 2 N–H and O–H groups in total. The van der Waals surface area contributed by atoms with Crippen LogP contribution in [0.25, 0.3) is 0 Å². The van der Waals surface area contributed by atoms with E-state index in [-0.39, 0.29) is 12.5 Å². The highest BCUT2D eigenvalue weighted by molar-refractivity contribution is 5.66. The van der Waals surface area contributed by atoms with Gasteiger partial charge >= 0.3 is 5.97 Å². The van der Waals surface area contributed by atoms with E-state index in [2.05, 4.69) is 42.5 Å². The van der Waals surface area contributed by atoms with E-state index in [4.69, 9.17) is 5.11 Å². The van der Waals surface area contributed by atoms with Crippen LogP contribution >= 0.6 is 0 Å². The zero-order chi connectivity index (χ0) is 14.3. The molecule has 0 amide bonds. The fourth-order valence-electron chi connectivity index (χ4n) is 1.95. The predicted molar refractivity (Wildman–Crippen MR) is 77.0 cm³/mol. The van der Waals surface area contributed by atoms with Gasteiger partial charge in [0.2, 0.25) is 0 Å². The molecular formula is C15H24N2O2. The van der Waals surface area contributed by atoms with Gasteiger partial charge in [0.15, 0.2) is 0 Å². The maximum atomic E-state index is 10.5. The highest BCUT2D eigenvalue weighted by atomic mass is 16.4. The van der Waals surface area contributed by atoms with Gasteiger partial charge in [-0.25, -0.2) is 0 Å². The second kappa shape index (κ2) is 7.92. The summed E-state index contributed by atoms with van der Waals surface area (Å²) < 4.78 is 0. The van der Waals surface area contributed by atoms with E-state index in [9.17, 15) is 4.79 Å². The maximum Gasteiger partial charge on any atom is 0.303 e. The summed E-state index contributed by atoms with van der Waals surface area (Å²) in [5.74, 6) is -0.735. The van der Waals surface area contributed by atoms with Crippen LogP contribution in [0.4, 0.5) is 0 Å². The number of hydrogen-bond acceptors (Lipinski definition) is 3.